The maximum absolute atomic E-state index is 6.34. The molecule has 2 aliphatic rings. The van der Waals surface area contributed by atoms with Crippen LogP contribution in [-0.2, 0) is 20.5 Å². The van der Waals surface area contributed by atoms with Gasteiger partial charge >= 0.3 is 7.12 Å². The lowest BCUT2D eigenvalue weighted by Gasteiger charge is -2.26. The number of benzene rings is 2. The molecule has 0 saturated carbocycles. The molecule has 0 N–H and O–H groups in total. The van der Waals surface area contributed by atoms with E-state index >= 15 is 0 Å². The van der Waals surface area contributed by atoms with E-state index in [1.54, 1.807) is 7.11 Å². The van der Waals surface area contributed by atoms with Crippen LogP contribution < -0.4 is 5.46 Å². The molecule has 3 nitrogen and oxygen atoms in total. The van der Waals surface area contributed by atoms with Crippen LogP contribution in [0.25, 0.3) is 0 Å². The molecule has 118 valence electrons. The second-order valence-corrected chi connectivity index (χ2v) is 6.31. The molecule has 0 bridgehead atoms. The first-order valence-electron chi connectivity index (χ1n) is 8.28. The van der Waals surface area contributed by atoms with E-state index in [1.807, 2.05) is 12.1 Å². The van der Waals surface area contributed by atoms with Crippen LogP contribution in [0, 0.1) is 0 Å². The summed E-state index contributed by atoms with van der Waals surface area (Å²) in [5.74, 6) is 0. The van der Waals surface area contributed by atoms with E-state index in [4.69, 9.17) is 14.0 Å². The van der Waals surface area contributed by atoms with Crippen molar-refractivity contribution in [2.45, 2.75) is 38.1 Å². The van der Waals surface area contributed by atoms with Crippen LogP contribution in [0.15, 0.2) is 48.5 Å². The third-order valence-corrected chi connectivity index (χ3v) is 5.01. The van der Waals surface area contributed by atoms with E-state index < -0.39 is 0 Å². The van der Waals surface area contributed by atoms with Gasteiger partial charge in [-0.1, -0.05) is 48.5 Å². The summed E-state index contributed by atoms with van der Waals surface area (Å²) < 4.78 is 18.1. The van der Waals surface area contributed by atoms with Crippen molar-refractivity contribution in [2.24, 2.45) is 0 Å². The SMILES string of the molecule is CO[C@H](C)c1ccccc1B1O[C@H]2CCc3ccccc3[C@H]2O1. The average molecular weight is 308 g/mol. The summed E-state index contributed by atoms with van der Waals surface area (Å²) in [7, 11) is 1.42. The van der Waals surface area contributed by atoms with E-state index in [1.165, 1.54) is 11.1 Å². The standard InChI is InChI=1S/C19H21BO3/c1-13(21-2)15-8-5-6-10-17(15)20-22-18-12-11-14-7-3-4-9-16(14)19(18)23-20/h3-10,13,18-19H,11-12H2,1-2H3/t13-,18+,19-/m1/s1. The smallest absolute Gasteiger partial charge is 0.401 e. The molecule has 2 aromatic carbocycles. The largest absolute Gasteiger partial charge is 0.495 e. The Balaban J connectivity index is 1.65. The Bertz CT molecular complexity index is 703. The fourth-order valence-electron chi connectivity index (χ4n) is 3.68. The summed E-state index contributed by atoms with van der Waals surface area (Å²) in [6, 6.07) is 16.8. The molecule has 3 atom stereocenters. The van der Waals surface area contributed by atoms with Gasteiger partial charge in [-0.05, 0) is 41.9 Å². The predicted octanol–water partition coefficient (Wildman–Crippen LogP) is 3.19. The van der Waals surface area contributed by atoms with Gasteiger partial charge in [0, 0.05) is 7.11 Å². The fourth-order valence-corrected chi connectivity index (χ4v) is 3.68. The van der Waals surface area contributed by atoms with Crippen molar-refractivity contribution >= 4 is 12.6 Å². The lowest BCUT2D eigenvalue weighted by molar-refractivity contribution is 0.120. The summed E-state index contributed by atoms with van der Waals surface area (Å²) in [5, 5.41) is 0. The molecule has 2 aromatic rings. The summed E-state index contributed by atoms with van der Waals surface area (Å²) in [4.78, 5) is 0. The zero-order valence-corrected chi connectivity index (χ0v) is 13.6. The van der Waals surface area contributed by atoms with Crippen LogP contribution >= 0.6 is 0 Å². The zero-order chi connectivity index (χ0) is 15.8. The molecule has 0 amide bonds. The van der Waals surface area contributed by atoms with E-state index in [2.05, 4.69) is 43.3 Å². The molecule has 1 saturated heterocycles. The number of aryl methyl sites for hydroxylation is 1. The second kappa shape index (κ2) is 6.12. The minimum atomic E-state index is -0.315. The maximum atomic E-state index is 6.34. The summed E-state index contributed by atoms with van der Waals surface area (Å²) in [6.45, 7) is 2.05. The lowest BCUT2D eigenvalue weighted by atomic mass is 9.75. The number of hydrogen-bond donors (Lipinski definition) is 0. The molecule has 1 heterocycles. The summed E-state index contributed by atoms with van der Waals surface area (Å²) in [5.41, 5.74) is 4.88. The summed E-state index contributed by atoms with van der Waals surface area (Å²) in [6.07, 6.45) is 2.27. The number of fused-ring (bicyclic) bond motifs is 3. The van der Waals surface area contributed by atoms with Gasteiger partial charge in [-0.25, -0.2) is 0 Å². The van der Waals surface area contributed by atoms with Crippen LogP contribution in [0.1, 0.15) is 42.2 Å². The van der Waals surface area contributed by atoms with Gasteiger partial charge in [-0.2, -0.15) is 0 Å². The zero-order valence-electron chi connectivity index (χ0n) is 13.6. The minimum absolute atomic E-state index is 0.0216. The van der Waals surface area contributed by atoms with Gasteiger partial charge in [-0.3, -0.25) is 0 Å². The van der Waals surface area contributed by atoms with Crippen molar-refractivity contribution < 1.29 is 14.0 Å². The van der Waals surface area contributed by atoms with Crippen LogP contribution in [-0.4, -0.2) is 20.3 Å². The molecule has 1 fully saturated rings. The van der Waals surface area contributed by atoms with Gasteiger partial charge in [0.15, 0.2) is 0 Å². The molecule has 1 aliphatic heterocycles. The third-order valence-electron chi connectivity index (χ3n) is 5.01. The molecule has 0 unspecified atom stereocenters. The number of rotatable bonds is 3. The van der Waals surface area contributed by atoms with Crippen molar-refractivity contribution in [3.63, 3.8) is 0 Å². The Morgan fingerprint density at radius 1 is 1.09 bits per heavy atom. The second-order valence-electron chi connectivity index (χ2n) is 6.31. The van der Waals surface area contributed by atoms with Crippen molar-refractivity contribution in [3.05, 3.63) is 65.2 Å². The van der Waals surface area contributed by atoms with E-state index in [-0.39, 0.29) is 25.4 Å². The van der Waals surface area contributed by atoms with Gasteiger partial charge in [0.25, 0.3) is 0 Å². The Kier molecular flexibility index (Phi) is 3.98. The molecule has 0 radical (unpaired) electrons. The fraction of sp³-hybridized carbons (Fsp3) is 0.368. The number of hydrogen-bond acceptors (Lipinski definition) is 3. The number of ether oxygens (including phenoxy) is 1. The lowest BCUT2D eigenvalue weighted by Crippen LogP contribution is -2.36. The van der Waals surface area contributed by atoms with Crippen LogP contribution in [0.4, 0.5) is 0 Å². The molecular weight excluding hydrogens is 287 g/mol. The minimum Gasteiger partial charge on any atom is -0.401 e. The first-order valence-corrected chi connectivity index (χ1v) is 8.28. The average Bonchev–Trinajstić information content (AvgIpc) is 3.05. The van der Waals surface area contributed by atoms with Crippen LogP contribution in [0.3, 0.4) is 0 Å². The van der Waals surface area contributed by atoms with Gasteiger partial charge in [0.2, 0.25) is 0 Å². The molecule has 4 heteroatoms. The third kappa shape index (κ3) is 2.61. The van der Waals surface area contributed by atoms with Crippen molar-refractivity contribution in [1.29, 1.82) is 0 Å². The highest BCUT2D eigenvalue weighted by Crippen LogP contribution is 2.39. The van der Waals surface area contributed by atoms with E-state index in [9.17, 15) is 0 Å². The van der Waals surface area contributed by atoms with E-state index in [0.717, 1.165) is 23.9 Å². The Hall–Kier alpha value is -1.62. The van der Waals surface area contributed by atoms with Crippen molar-refractivity contribution in [3.8, 4) is 0 Å². The number of methoxy groups -OCH3 is 1. The topological polar surface area (TPSA) is 27.7 Å². The Morgan fingerprint density at radius 2 is 1.87 bits per heavy atom. The molecule has 23 heavy (non-hydrogen) atoms. The quantitative estimate of drug-likeness (QED) is 0.815. The monoisotopic (exact) mass is 308 g/mol. The van der Waals surface area contributed by atoms with Gasteiger partial charge in [0.1, 0.15) is 0 Å². The molecular formula is C19H21BO3. The first-order chi connectivity index (χ1) is 11.3. The molecule has 0 spiro atoms. The first kappa shape index (κ1) is 14.9. The molecule has 0 aromatic heterocycles. The highest BCUT2D eigenvalue weighted by Gasteiger charge is 2.44. The van der Waals surface area contributed by atoms with Crippen molar-refractivity contribution in [1.82, 2.24) is 0 Å². The van der Waals surface area contributed by atoms with Gasteiger partial charge in [0.05, 0.1) is 18.3 Å². The molecule has 4 rings (SSSR count). The van der Waals surface area contributed by atoms with Crippen LogP contribution in [0.2, 0.25) is 0 Å². The maximum Gasteiger partial charge on any atom is 0.495 e. The summed E-state index contributed by atoms with van der Waals surface area (Å²) >= 11 is 0. The Labute approximate surface area is 137 Å². The molecule has 1 aliphatic carbocycles. The van der Waals surface area contributed by atoms with E-state index in [0.29, 0.717) is 0 Å². The highest BCUT2D eigenvalue weighted by molar-refractivity contribution is 6.62. The predicted molar refractivity (Wildman–Crippen MR) is 90.7 cm³/mol. The normalized spacial score (nSPS) is 24.2. The highest BCUT2D eigenvalue weighted by atomic mass is 16.7. The Morgan fingerprint density at radius 3 is 2.74 bits per heavy atom. The van der Waals surface area contributed by atoms with Gasteiger partial charge < -0.3 is 14.0 Å². The van der Waals surface area contributed by atoms with Crippen molar-refractivity contribution in [2.75, 3.05) is 7.11 Å². The van der Waals surface area contributed by atoms with Crippen LogP contribution in [0.5, 0.6) is 0 Å². The van der Waals surface area contributed by atoms with Gasteiger partial charge in [-0.15, -0.1) is 0 Å².